The first-order valence-corrected chi connectivity index (χ1v) is 13.9. The lowest BCUT2D eigenvalue weighted by molar-refractivity contribution is -0.128. The van der Waals surface area contributed by atoms with Crippen molar-refractivity contribution in [2.24, 2.45) is 4.99 Å². The van der Waals surface area contributed by atoms with Crippen molar-refractivity contribution in [2.45, 2.75) is 25.1 Å². The van der Waals surface area contributed by atoms with E-state index in [1.807, 2.05) is 91.9 Å². The second-order valence-corrected chi connectivity index (χ2v) is 10.2. The second-order valence-electron chi connectivity index (χ2n) is 9.03. The Morgan fingerprint density at radius 1 is 0.850 bits per heavy atom. The molecule has 0 unspecified atom stereocenters. The van der Waals surface area contributed by atoms with Crippen molar-refractivity contribution in [1.29, 1.82) is 0 Å². The Hall–Kier alpha value is -4.56. The lowest BCUT2D eigenvalue weighted by Crippen LogP contribution is -2.33. The molecule has 1 atom stereocenters. The van der Waals surface area contributed by atoms with Crippen LogP contribution in [0.3, 0.4) is 0 Å². The Morgan fingerprint density at radius 2 is 1.48 bits per heavy atom. The van der Waals surface area contributed by atoms with Gasteiger partial charge >= 0.3 is 0 Å². The van der Waals surface area contributed by atoms with Gasteiger partial charge in [-0.2, -0.15) is 0 Å². The molecule has 1 aliphatic heterocycles. The van der Waals surface area contributed by atoms with Crippen LogP contribution in [0.2, 0.25) is 0 Å². The quantitative estimate of drug-likeness (QED) is 0.229. The number of anilines is 1. The first-order valence-electron chi connectivity index (χ1n) is 13.0. The van der Waals surface area contributed by atoms with Gasteiger partial charge in [-0.15, -0.1) is 0 Å². The Morgan fingerprint density at radius 3 is 2.15 bits per heavy atom. The van der Waals surface area contributed by atoms with Crippen LogP contribution < -0.4 is 14.8 Å². The highest BCUT2D eigenvalue weighted by atomic mass is 32.2. The summed E-state index contributed by atoms with van der Waals surface area (Å²) in [7, 11) is 0. The second kappa shape index (κ2) is 13.0. The molecule has 202 valence electrons. The van der Waals surface area contributed by atoms with Crippen LogP contribution in [0.15, 0.2) is 114 Å². The zero-order chi connectivity index (χ0) is 27.7. The fraction of sp³-hybridized carbons (Fsp3) is 0.156. The molecule has 5 rings (SSSR count). The average Bonchev–Trinajstić information content (AvgIpc) is 3.25. The van der Waals surface area contributed by atoms with Crippen LogP contribution in [0.4, 0.5) is 11.4 Å². The molecule has 1 fully saturated rings. The molecule has 0 aliphatic carbocycles. The van der Waals surface area contributed by atoms with Gasteiger partial charge in [0.1, 0.15) is 22.5 Å². The van der Waals surface area contributed by atoms with E-state index in [0.717, 1.165) is 17.1 Å². The largest absolute Gasteiger partial charge is 0.494 e. The summed E-state index contributed by atoms with van der Waals surface area (Å²) in [6.45, 7) is 2.89. The number of nitrogens with zero attached hydrogens (tertiary/aromatic N) is 2. The van der Waals surface area contributed by atoms with Gasteiger partial charge in [0.25, 0.3) is 0 Å². The van der Waals surface area contributed by atoms with Crippen LogP contribution >= 0.6 is 11.8 Å². The Bertz CT molecular complexity index is 1460. The molecular weight excluding hydrogens is 522 g/mol. The third-order valence-corrected chi connectivity index (χ3v) is 7.24. The molecule has 4 aromatic rings. The minimum Gasteiger partial charge on any atom is -0.494 e. The van der Waals surface area contributed by atoms with Gasteiger partial charge in [-0.1, -0.05) is 60.3 Å². The van der Waals surface area contributed by atoms with E-state index in [1.54, 1.807) is 29.2 Å². The summed E-state index contributed by atoms with van der Waals surface area (Å²) in [5, 5.41) is 2.89. The molecule has 1 saturated heterocycles. The van der Waals surface area contributed by atoms with Crippen LogP contribution in [0.25, 0.3) is 0 Å². The van der Waals surface area contributed by atoms with Gasteiger partial charge in [0.05, 0.1) is 18.8 Å². The van der Waals surface area contributed by atoms with Crippen molar-refractivity contribution in [3.05, 3.63) is 115 Å². The van der Waals surface area contributed by atoms with Crippen molar-refractivity contribution in [3.8, 4) is 17.2 Å². The molecule has 2 amide bonds. The highest BCUT2D eigenvalue weighted by molar-refractivity contribution is 8.15. The molecule has 0 aromatic heterocycles. The van der Waals surface area contributed by atoms with Crippen molar-refractivity contribution < 1.29 is 19.1 Å². The number of hydrogen-bond acceptors (Lipinski definition) is 6. The van der Waals surface area contributed by atoms with Crippen molar-refractivity contribution in [2.75, 3.05) is 11.9 Å². The fourth-order valence-electron chi connectivity index (χ4n) is 4.14. The lowest BCUT2D eigenvalue weighted by Gasteiger charge is -2.16. The van der Waals surface area contributed by atoms with E-state index in [-0.39, 0.29) is 18.2 Å². The molecule has 0 bridgehead atoms. The molecule has 1 aliphatic rings. The Labute approximate surface area is 237 Å². The fourth-order valence-corrected chi connectivity index (χ4v) is 5.30. The van der Waals surface area contributed by atoms with Gasteiger partial charge < -0.3 is 14.8 Å². The van der Waals surface area contributed by atoms with Gasteiger partial charge in [-0.3, -0.25) is 14.5 Å². The summed E-state index contributed by atoms with van der Waals surface area (Å²) in [6.07, 6.45) is 0.0271. The molecule has 1 heterocycles. The van der Waals surface area contributed by atoms with Crippen LogP contribution in [-0.2, 0) is 16.1 Å². The van der Waals surface area contributed by atoms with Gasteiger partial charge in [-0.05, 0) is 73.2 Å². The van der Waals surface area contributed by atoms with Gasteiger partial charge in [0.2, 0.25) is 11.8 Å². The monoisotopic (exact) mass is 551 g/mol. The van der Waals surface area contributed by atoms with Crippen LogP contribution in [0.1, 0.15) is 18.9 Å². The number of amidine groups is 1. The number of carbonyl (C=O) groups excluding carboxylic acids is 2. The number of ether oxygens (including phenoxy) is 2. The summed E-state index contributed by atoms with van der Waals surface area (Å²) in [5.41, 5.74) is 2.32. The predicted octanol–water partition coefficient (Wildman–Crippen LogP) is 7.04. The Balaban J connectivity index is 1.26. The molecule has 1 N–H and O–H groups in total. The van der Waals surface area contributed by atoms with Crippen molar-refractivity contribution in [3.63, 3.8) is 0 Å². The van der Waals surface area contributed by atoms with E-state index < -0.39 is 5.25 Å². The summed E-state index contributed by atoms with van der Waals surface area (Å²) in [4.78, 5) is 32.8. The van der Waals surface area contributed by atoms with E-state index in [4.69, 9.17) is 14.5 Å². The maximum Gasteiger partial charge on any atom is 0.242 e. The molecule has 0 spiro atoms. The summed E-state index contributed by atoms with van der Waals surface area (Å²) in [5.74, 6) is 1.78. The molecule has 4 aromatic carbocycles. The first-order chi connectivity index (χ1) is 19.6. The standard InChI is InChI=1S/C32H29N3O4S/c1-2-38-26-17-13-25(14-18-26)34-32-35(22-23-9-5-3-6-10-23)31(37)29(40-32)21-30(36)33-24-15-19-28(20-16-24)39-27-11-7-4-8-12-27/h3-20,29H,2,21-22H2,1H3,(H,33,36)/t29-/m0/s1. The number of nitrogens with one attached hydrogen (secondary N) is 1. The smallest absolute Gasteiger partial charge is 0.242 e. The van der Waals surface area contributed by atoms with Crippen LogP contribution in [0.5, 0.6) is 17.2 Å². The number of hydrogen-bond donors (Lipinski definition) is 1. The lowest BCUT2D eigenvalue weighted by atomic mass is 10.2. The maximum absolute atomic E-state index is 13.5. The maximum atomic E-state index is 13.5. The summed E-state index contributed by atoms with van der Waals surface area (Å²) < 4.78 is 11.3. The molecule has 0 saturated carbocycles. The molecule has 40 heavy (non-hydrogen) atoms. The van der Waals surface area contributed by atoms with Gasteiger partial charge in [0.15, 0.2) is 5.17 Å². The van der Waals surface area contributed by atoms with Crippen molar-refractivity contribution >= 4 is 40.1 Å². The number of rotatable bonds is 10. The van der Waals surface area contributed by atoms with Crippen LogP contribution in [0, 0.1) is 0 Å². The molecule has 0 radical (unpaired) electrons. The summed E-state index contributed by atoms with van der Waals surface area (Å²) in [6, 6.07) is 33.8. The van der Waals surface area contributed by atoms with Crippen LogP contribution in [-0.4, -0.2) is 33.7 Å². The Kier molecular flexibility index (Phi) is 8.78. The number of amides is 2. The number of benzene rings is 4. The van der Waals surface area contributed by atoms with E-state index >= 15 is 0 Å². The van der Waals surface area contributed by atoms with E-state index in [9.17, 15) is 9.59 Å². The number of aliphatic imine (C=N–C) groups is 1. The highest BCUT2D eigenvalue weighted by Crippen LogP contribution is 2.33. The first kappa shape index (κ1) is 27.0. The van der Waals surface area contributed by atoms with E-state index in [0.29, 0.717) is 35.4 Å². The van der Waals surface area contributed by atoms with Crippen molar-refractivity contribution in [1.82, 2.24) is 4.90 Å². The third kappa shape index (κ3) is 7.09. The minimum absolute atomic E-state index is 0.0271. The highest BCUT2D eigenvalue weighted by Gasteiger charge is 2.39. The number of para-hydroxylation sites is 1. The van der Waals surface area contributed by atoms with Gasteiger partial charge in [0, 0.05) is 12.1 Å². The predicted molar refractivity (Wildman–Crippen MR) is 159 cm³/mol. The number of thioether (sulfide) groups is 1. The average molecular weight is 552 g/mol. The van der Waals surface area contributed by atoms with Gasteiger partial charge in [-0.25, -0.2) is 4.99 Å². The zero-order valence-corrected chi connectivity index (χ0v) is 22.8. The third-order valence-electron chi connectivity index (χ3n) is 6.06. The molecular formula is C32H29N3O4S. The molecule has 8 heteroatoms. The van der Waals surface area contributed by atoms with E-state index in [1.165, 1.54) is 11.8 Å². The normalized spacial score (nSPS) is 15.7. The zero-order valence-electron chi connectivity index (χ0n) is 22.0. The number of carbonyl (C=O) groups is 2. The molecule has 7 nitrogen and oxygen atoms in total. The van der Waals surface area contributed by atoms with E-state index in [2.05, 4.69) is 5.32 Å². The summed E-state index contributed by atoms with van der Waals surface area (Å²) >= 11 is 1.31. The topological polar surface area (TPSA) is 80.2 Å². The minimum atomic E-state index is -0.578. The SMILES string of the molecule is CCOc1ccc(N=C2S[C@@H](CC(=O)Nc3ccc(Oc4ccccc4)cc3)C(=O)N2Cc2ccccc2)cc1.